The average Bonchev–Trinajstić information content (AvgIpc) is 3.23. The number of nitrogens with zero attached hydrogens (tertiary/aromatic N) is 3. The Hall–Kier alpha value is -1.52. The number of carbonyl (C=O) groups is 3. The maximum atomic E-state index is 12.3. The third-order valence-electron chi connectivity index (χ3n) is 5.19. The number of hydrogen-bond donors (Lipinski definition) is 1. The number of imidazole rings is 1. The van der Waals surface area contributed by atoms with Gasteiger partial charge in [0, 0.05) is 12.1 Å². The molecule has 142 valence electrons. The molecule has 2 aromatic heterocycles. The van der Waals surface area contributed by atoms with Crippen LogP contribution in [-0.4, -0.2) is 49.2 Å². The molecule has 1 fully saturated rings. The number of aromatic nitrogens is 2. The van der Waals surface area contributed by atoms with Crippen LogP contribution in [0.1, 0.15) is 42.6 Å². The standard InChI is InChI=1S/C18H19N3O5S.Na/c1-7(2)15(23)13-17-20(6-19-13)5-11(27-17)9-4-10-12(8(3)22)16(24)21(10)14(9)18(25)26;/h5-8,10,12,22H,4H2,1-3H3,(H,25,26);/q;+1/p-1/t8-,10-,12-;/m1./s1. The van der Waals surface area contributed by atoms with E-state index in [-0.39, 0.29) is 53.0 Å². The summed E-state index contributed by atoms with van der Waals surface area (Å²) >= 11 is 1.27. The quantitative estimate of drug-likeness (QED) is 0.326. The second-order valence-electron chi connectivity index (χ2n) is 7.28. The van der Waals surface area contributed by atoms with Gasteiger partial charge in [-0.3, -0.25) is 14.0 Å². The number of aliphatic hydroxyl groups is 1. The fraction of sp³-hybridized carbons (Fsp3) is 0.444. The van der Waals surface area contributed by atoms with Crippen molar-refractivity contribution in [2.75, 3.05) is 0 Å². The number of fused-ring (bicyclic) bond motifs is 2. The van der Waals surface area contributed by atoms with Crippen LogP contribution in [0.25, 0.3) is 10.4 Å². The Morgan fingerprint density at radius 2 is 2.04 bits per heavy atom. The van der Waals surface area contributed by atoms with Gasteiger partial charge in [0.15, 0.2) is 5.78 Å². The Bertz CT molecular complexity index is 1020. The summed E-state index contributed by atoms with van der Waals surface area (Å²) in [5.74, 6) is -2.71. The summed E-state index contributed by atoms with van der Waals surface area (Å²) in [6, 6.07) is -0.378. The van der Waals surface area contributed by atoms with E-state index in [0.717, 1.165) is 0 Å². The molecule has 0 aliphatic carbocycles. The van der Waals surface area contributed by atoms with Crippen LogP contribution in [0.3, 0.4) is 0 Å². The van der Waals surface area contributed by atoms with Crippen LogP contribution in [0.15, 0.2) is 18.2 Å². The summed E-state index contributed by atoms with van der Waals surface area (Å²) in [6.07, 6.45) is 2.72. The molecule has 3 atom stereocenters. The van der Waals surface area contributed by atoms with Gasteiger partial charge in [0.1, 0.15) is 16.9 Å². The van der Waals surface area contributed by atoms with E-state index >= 15 is 0 Å². The van der Waals surface area contributed by atoms with Crippen molar-refractivity contribution in [3.05, 3.63) is 28.8 Å². The zero-order chi connectivity index (χ0) is 19.6. The maximum Gasteiger partial charge on any atom is 1.00 e. The number of β-lactam (4-membered cyclic amide) rings is 1. The van der Waals surface area contributed by atoms with Gasteiger partial charge in [0.25, 0.3) is 0 Å². The third-order valence-corrected chi connectivity index (χ3v) is 6.36. The van der Waals surface area contributed by atoms with E-state index in [4.69, 9.17) is 0 Å². The predicted octanol–water partition coefficient (Wildman–Crippen LogP) is -2.69. The molecule has 4 rings (SSSR count). The summed E-state index contributed by atoms with van der Waals surface area (Å²) in [5, 5.41) is 21.5. The number of thiazole rings is 1. The van der Waals surface area contributed by atoms with E-state index in [1.165, 1.54) is 29.5 Å². The first-order valence-corrected chi connectivity index (χ1v) is 9.50. The molecule has 0 saturated carbocycles. The van der Waals surface area contributed by atoms with E-state index in [0.29, 0.717) is 27.4 Å². The van der Waals surface area contributed by atoms with Crippen LogP contribution in [-0.2, 0) is 9.59 Å². The summed E-state index contributed by atoms with van der Waals surface area (Å²) in [5.41, 5.74) is 0.709. The molecular weight excluding hydrogens is 393 g/mol. The van der Waals surface area contributed by atoms with Gasteiger partial charge in [-0.05, 0) is 18.9 Å². The first kappa shape index (κ1) is 21.2. The van der Waals surface area contributed by atoms with Crippen LogP contribution in [0, 0.1) is 11.8 Å². The van der Waals surface area contributed by atoms with Crippen LogP contribution in [0.4, 0.5) is 0 Å². The number of aliphatic carboxylic acids is 1. The molecule has 0 unspecified atom stereocenters. The minimum absolute atomic E-state index is 0. The third kappa shape index (κ3) is 2.96. The largest absolute Gasteiger partial charge is 1.00 e. The van der Waals surface area contributed by atoms with E-state index in [1.807, 2.05) is 0 Å². The monoisotopic (exact) mass is 411 g/mol. The smallest absolute Gasteiger partial charge is 0.543 e. The molecule has 2 aliphatic rings. The van der Waals surface area contributed by atoms with Gasteiger partial charge < -0.3 is 19.9 Å². The molecule has 0 spiro atoms. The van der Waals surface area contributed by atoms with Crippen molar-refractivity contribution in [2.45, 2.75) is 39.3 Å². The van der Waals surface area contributed by atoms with E-state index in [1.54, 1.807) is 24.4 Å². The number of hydrogen-bond acceptors (Lipinski definition) is 7. The van der Waals surface area contributed by atoms with Crippen LogP contribution >= 0.6 is 11.3 Å². The molecule has 2 aliphatic heterocycles. The van der Waals surface area contributed by atoms with Crippen molar-refractivity contribution in [1.29, 1.82) is 0 Å². The van der Waals surface area contributed by atoms with Crippen LogP contribution < -0.4 is 34.7 Å². The van der Waals surface area contributed by atoms with Crippen molar-refractivity contribution < 1.29 is 54.2 Å². The molecule has 1 N–H and O–H groups in total. The van der Waals surface area contributed by atoms with E-state index in [9.17, 15) is 24.6 Å². The van der Waals surface area contributed by atoms with Crippen molar-refractivity contribution in [3.63, 3.8) is 0 Å². The van der Waals surface area contributed by atoms with Crippen molar-refractivity contribution in [3.8, 4) is 0 Å². The summed E-state index contributed by atoms with van der Waals surface area (Å²) in [4.78, 5) is 43.0. The van der Waals surface area contributed by atoms with Gasteiger partial charge in [0.05, 0.1) is 34.6 Å². The van der Waals surface area contributed by atoms with Crippen LogP contribution in [0.5, 0.6) is 0 Å². The number of carboxylic acid groups (broad SMARTS) is 1. The van der Waals surface area contributed by atoms with E-state index < -0.39 is 23.9 Å². The molecule has 0 radical (unpaired) electrons. The van der Waals surface area contributed by atoms with E-state index in [2.05, 4.69) is 4.98 Å². The number of amides is 1. The number of ketones is 1. The molecule has 10 heteroatoms. The fourth-order valence-electron chi connectivity index (χ4n) is 3.86. The van der Waals surface area contributed by atoms with Gasteiger partial charge in [-0.2, -0.15) is 0 Å². The molecule has 0 bridgehead atoms. The molecule has 0 aromatic carbocycles. The second-order valence-corrected chi connectivity index (χ2v) is 8.31. The maximum absolute atomic E-state index is 12.3. The molecule has 4 heterocycles. The minimum Gasteiger partial charge on any atom is -0.543 e. The van der Waals surface area contributed by atoms with Gasteiger partial charge in [-0.15, -0.1) is 11.3 Å². The van der Waals surface area contributed by atoms with Crippen LogP contribution in [0.2, 0.25) is 0 Å². The van der Waals surface area contributed by atoms with Gasteiger partial charge in [-0.1, -0.05) is 13.8 Å². The van der Waals surface area contributed by atoms with Crippen molar-refractivity contribution in [2.24, 2.45) is 11.8 Å². The molecule has 28 heavy (non-hydrogen) atoms. The Morgan fingerprint density at radius 1 is 1.36 bits per heavy atom. The summed E-state index contributed by atoms with van der Waals surface area (Å²) < 4.78 is 1.69. The number of aliphatic hydroxyl groups excluding tert-OH is 1. The summed E-state index contributed by atoms with van der Waals surface area (Å²) in [7, 11) is 0. The molecule has 8 nitrogen and oxygen atoms in total. The summed E-state index contributed by atoms with van der Waals surface area (Å²) in [6.45, 7) is 5.12. The molecular formula is C18H18N3NaO5S. The number of Topliss-reactive ketones (excluding diaryl/α,β-unsaturated/α-hetero) is 1. The predicted molar refractivity (Wildman–Crippen MR) is 94.6 cm³/mol. The molecule has 1 saturated heterocycles. The number of carboxylic acids is 1. The topological polar surface area (TPSA) is 115 Å². The Morgan fingerprint density at radius 3 is 2.61 bits per heavy atom. The fourth-order valence-corrected chi connectivity index (χ4v) is 4.99. The average molecular weight is 411 g/mol. The van der Waals surface area contributed by atoms with Gasteiger partial charge in [0.2, 0.25) is 5.91 Å². The SMILES string of the molecule is CC(C)C(=O)c1ncn2cc(C3=C(C(=O)[O-])N4C(=O)[C@H]([C@@H](C)O)[C@H]4C3)sc12.[Na+]. The number of rotatable bonds is 5. The first-order valence-electron chi connectivity index (χ1n) is 8.69. The second kappa shape index (κ2) is 7.38. The normalized spacial score (nSPS) is 22.3. The van der Waals surface area contributed by atoms with Crippen molar-refractivity contribution >= 4 is 39.4 Å². The zero-order valence-corrected chi connectivity index (χ0v) is 18.8. The van der Waals surface area contributed by atoms with Crippen molar-refractivity contribution in [1.82, 2.24) is 14.3 Å². The molecule has 1 amide bonds. The Balaban J connectivity index is 0.00000225. The van der Waals surface area contributed by atoms with Gasteiger partial charge in [-0.25, -0.2) is 4.98 Å². The first-order chi connectivity index (χ1) is 12.7. The van der Waals surface area contributed by atoms with Gasteiger partial charge >= 0.3 is 29.6 Å². The number of carbonyl (C=O) groups excluding carboxylic acids is 3. The Labute approximate surface area is 187 Å². The minimum atomic E-state index is -1.42. The molecule has 2 aromatic rings. The zero-order valence-electron chi connectivity index (χ0n) is 16.0. The Kier molecular flexibility index (Phi) is 5.59.